The third-order valence-corrected chi connectivity index (χ3v) is 3.76. The van der Waals surface area contributed by atoms with Crippen LogP contribution in [0.4, 0.5) is 0 Å². The summed E-state index contributed by atoms with van der Waals surface area (Å²) in [6.45, 7) is 10.0. The van der Waals surface area contributed by atoms with Crippen LogP contribution in [0.2, 0.25) is 5.02 Å². The molecule has 0 bridgehead atoms. The van der Waals surface area contributed by atoms with Gasteiger partial charge in [0.1, 0.15) is 6.54 Å². The van der Waals surface area contributed by atoms with Crippen molar-refractivity contribution in [2.24, 2.45) is 4.99 Å². The minimum absolute atomic E-state index is 0.162. The first-order valence-electron chi connectivity index (χ1n) is 8.36. The molecule has 0 unspecified atom stereocenters. The highest BCUT2D eigenvalue weighted by Crippen LogP contribution is 2.19. The number of benzene rings is 1. The lowest BCUT2D eigenvalue weighted by Gasteiger charge is -2.22. The molecule has 7 heteroatoms. The summed E-state index contributed by atoms with van der Waals surface area (Å²) in [5.41, 5.74) is 0.997. The fourth-order valence-corrected chi connectivity index (χ4v) is 2.30. The Morgan fingerprint density at radius 2 is 1.96 bits per heavy atom. The third kappa shape index (κ3) is 5.74. The predicted molar refractivity (Wildman–Crippen MR) is 101 cm³/mol. The number of rotatable bonds is 5. The van der Waals surface area contributed by atoms with Gasteiger partial charge >= 0.3 is 0 Å². The van der Waals surface area contributed by atoms with E-state index < -0.39 is 0 Å². The van der Waals surface area contributed by atoms with Crippen molar-refractivity contribution in [1.29, 1.82) is 0 Å². The van der Waals surface area contributed by atoms with Crippen LogP contribution in [0.3, 0.4) is 0 Å². The average Bonchev–Trinajstić information content (AvgIpc) is 3.02. The molecular weight excluding hydrogens is 338 g/mol. The largest absolute Gasteiger partial charge is 0.357 e. The minimum Gasteiger partial charge on any atom is -0.357 e. The van der Waals surface area contributed by atoms with E-state index in [1.165, 1.54) is 0 Å². The van der Waals surface area contributed by atoms with Crippen LogP contribution in [-0.2, 0) is 18.5 Å². The topological polar surface area (TPSA) is 66.5 Å². The maximum atomic E-state index is 5.94. The van der Waals surface area contributed by atoms with Gasteiger partial charge in [-0.05, 0) is 24.6 Å². The van der Waals surface area contributed by atoms with Crippen molar-refractivity contribution >= 4 is 17.6 Å². The van der Waals surface area contributed by atoms with E-state index in [9.17, 15) is 0 Å². The molecule has 0 saturated heterocycles. The average molecular weight is 364 g/mol. The van der Waals surface area contributed by atoms with E-state index in [1.807, 2.05) is 59.0 Å². The zero-order chi connectivity index (χ0) is 18.4. The van der Waals surface area contributed by atoms with Crippen molar-refractivity contribution in [3.8, 4) is 0 Å². The van der Waals surface area contributed by atoms with Gasteiger partial charge < -0.3 is 14.7 Å². The maximum Gasteiger partial charge on any atom is 0.232 e. The monoisotopic (exact) mass is 363 g/mol. The molecule has 2 rings (SSSR count). The van der Waals surface area contributed by atoms with Crippen LogP contribution in [-0.4, -0.2) is 34.6 Å². The summed E-state index contributed by atoms with van der Waals surface area (Å²) < 4.78 is 5.31. The fraction of sp³-hybridized carbons (Fsp3) is 0.500. The summed E-state index contributed by atoms with van der Waals surface area (Å²) in [6, 6.07) is 7.80. The second-order valence-corrected chi connectivity index (χ2v) is 7.35. The van der Waals surface area contributed by atoms with E-state index >= 15 is 0 Å². The number of nitrogens with zero attached hydrogens (tertiary/aromatic N) is 4. The molecule has 0 radical (unpaired) electrons. The SMILES string of the molecule is CCNC(=NCc1noc(C(C)(C)C)n1)N(C)Cc1ccc(Cl)cc1. The van der Waals surface area contributed by atoms with Crippen LogP contribution >= 0.6 is 11.6 Å². The lowest BCUT2D eigenvalue weighted by atomic mass is 9.97. The van der Waals surface area contributed by atoms with Gasteiger partial charge in [0.2, 0.25) is 5.89 Å². The van der Waals surface area contributed by atoms with Gasteiger partial charge in [0.25, 0.3) is 0 Å². The number of halogens is 1. The summed E-state index contributed by atoms with van der Waals surface area (Å²) in [6.07, 6.45) is 0. The summed E-state index contributed by atoms with van der Waals surface area (Å²) in [7, 11) is 1.99. The molecule has 0 spiro atoms. The van der Waals surface area contributed by atoms with Gasteiger partial charge in [0, 0.05) is 30.6 Å². The van der Waals surface area contributed by atoms with Crippen LogP contribution in [0.1, 0.15) is 45.0 Å². The zero-order valence-electron chi connectivity index (χ0n) is 15.5. The number of nitrogens with one attached hydrogen (secondary N) is 1. The summed E-state index contributed by atoms with van der Waals surface area (Å²) in [5, 5.41) is 8.03. The fourth-order valence-electron chi connectivity index (χ4n) is 2.18. The Labute approximate surface area is 154 Å². The lowest BCUT2D eigenvalue weighted by molar-refractivity contribution is 0.318. The Morgan fingerprint density at radius 1 is 1.28 bits per heavy atom. The number of guanidine groups is 1. The first kappa shape index (κ1) is 19.2. The van der Waals surface area contributed by atoms with Gasteiger partial charge in [-0.2, -0.15) is 4.98 Å². The Kier molecular flexibility index (Phi) is 6.42. The van der Waals surface area contributed by atoms with Crippen molar-refractivity contribution in [3.05, 3.63) is 46.6 Å². The van der Waals surface area contributed by atoms with Crippen molar-refractivity contribution in [3.63, 3.8) is 0 Å². The molecule has 136 valence electrons. The molecule has 0 fully saturated rings. The number of hydrogen-bond acceptors (Lipinski definition) is 4. The maximum absolute atomic E-state index is 5.94. The van der Waals surface area contributed by atoms with Crippen molar-refractivity contribution < 1.29 is 4.52 Å². The number of aromatic nitrogens is 2. The molecule has 6 nitrogen and oxygen atoms in total. The number of hydrogen-bond donors (Lipinski definition) is 1. The molecule has 1 heterocycles. The van der Waals surface area contributed by atoms with Gasteiger partial charge in [-0.15, -0.1) is 0 Å². The van der Waals surface area contributed by atoms with Gasteiger partial charge in [-0.1, -0.05) is 49.7 Å². The van der Waals surface area contributed by atoms with Crippen LogP contribution in [0.25, 0.3) is 0 Å². The number of aliphatic imine (C=N–C) groups is 1. The van der Waals surface area contributed by atoms with E-state index in [-0.39, 0.29) is 5.41 Å². The highest BCUT2D eigenvalue weighted by atomic mass is 35.5. The summed E-state index contributed by atoms with van der Waals surface area (Å²) in [5.74, 6) is 2.00. The minimum atomic E-state index is -0.162. The normalized spacial score (nSPS) is 12.3. The van der Waals surface area contributed by atoms with Gasteiger partial charge in [-0.3, -0.25) is 0 Å². The van der Waals surface area contributed by atoms with E-state index in [2.05, 4.69) is 25.3 Å². The Morgan fingerprint density at radius 3 is 2.52 bits per heavy atom. The summed E-state index contributed by atoms with van der Waals surface area (Å²) in [4.78, 5) is 11.1. The molecule has 1 aromatic carbocycles. The third-order valence-electron chi connectivity index (χ3n) is 3.51. The standard InChI is InChI=1S/C18H26ClN5O/c1-6-20-17(24(5)12-13-7-9-14(19)10-8-13)21-11-15-22-16(25-23-15)18(2,3)4/h7-10H,6,11-12H2,1-5H3,(H,20,21). The van der Waals surface area contributed by atoms with Gasteiger partial charge in [-0.25, -0.2) is 4.99 Å². The second-order valence-electron chi connectivity index (χ2n) is 6.92. The molecule has 0 amide bonds. The molecule has 1 N–H and O–H groups in total. The highest BCUT2D eigenvalue weighted by molar-refractivity contribution is 6.30. The van der Waals surface area contributed by atoms with Crippen LogP contribution in [0, 0.1) is 0 Å². The molecule has 1 aromatic heterocycles. The molecule has 0 aliphatic heterocycles. The van der Waals surface area contributed by atoms with E-state index in [1.54, 1.807) is 0 Å². The van der Waals surface area contributed by atoms with E-state index in [0.29, 0.717) is 18.3 Å². The second kappa shape index (κ2) is 8.34. The van der Waals surface area contributed by atoms with Crippen molar-refractivity contribution in [2.75, 3.05) is 13.6 Å². The Hall–Kier alpha value is -2.08. The molecule has 25 heavy (non-hydrogen) atoms. The van der Waals surface area contributed by atoms with Crippen LogP contribution < -0.4 is 5.32 Å². The Bertz CT molecular complexity index is 703. The van der Waals surface area contributed by atoms with Gasteiger partial charge in [0.15, 0.2) is 11.8 Å². The van der Waals surface area contributed by atoms with Crippen LogP contribution in [0.15, 0.2) is 33.8 Å². The van der Waals surface area contributed by atoms with Crippen molar-refractivity contribution in [1.82, 2.24) is 20.4 Å². The smallest absolute Gasteiger partial charge is 0.232 e. The predicted octanol–water partition coefficient (Wildman–Crippen LogP) is 3.62. The molecular formula is C18H26ClN5O. The zero-order valence-corrected chi connectivity index (χ0v) is 16.3. The van der Waals surface area contributed by atoms with E-state index in [4.69, 9.17) is 16.1 Å². The molecule has 0 aliphatic carbocycles. The van der Waals surface area contributed by atoms with E-state index in [0.717, 1.165) is 29.6 Å². The first-order valence-corrected chi connectivity index (χ1v) is 8.74. The quantitative estimate of drug-likeness (QED) is 0.649. The molecule has 0 aliphatic rings. The van der Waals surface area contributed by atoms with Gasteiger partial charge in [0.05, 0.1) is 0 Å². The molecule has 0 atom stereocenters. The first-order chi connectivity index (χ1) is 11.8. The lowest BCUT2D eigenvalue weighted by Crippen LogP contribution is -2.38. The van der Waals surface area contributed by atoms with Crippen LogP contribution in [0.5, 0.6) is 0 Å². The Balaban J connectivity index is 2.06. The van der Waals surface area contributed by atoms with Crippen molar-refractivity contribution in [2.45, 2.75) is 46.2 Å². The highest BCUT2D eigenvalue weighted by Gasteiger charge is 2.21. The molecule has 0 saturated carbocycles. The molecule has 2 aromatic rings. The summed E-state index contributed by atoms with van der Waals surface area (Å²) >= 11 is 5.94.